The Morgan fingerprint density at radius 2 is 2.07 bits per heavy atom. The molecule has 0 radical (unpaired) electrons. The highest BCUT2D eigenvalue weighted by Gasteiger charge is 2.25. The molecule has 2 aromatic carbocycles. The number of fused-ring (bicyclic) bond motifs is 1. The Kier molecular flexibility index (Phi) is 4.76. The second-order valence-corrected chi connectivity index (χ2v) is 6.56. The van der Waals surface area contributed by atoms with Crippen molar-refractivity contribution in [2.75, 3.05) is 16.0 Å². The molecule has 0 bridgehead atoms. The zero-order valence-corrected chi connectivity index (χ0v) is 15.3. The number of aromatic nitrogens is 1. The Morgan fingerprint density at radius 1 is 1.18 bits per heavy atom. The van der Waals surface area contributed by atoms with Crippen molar-refractivity contribution in [3.8, 4) is 0 Å². The quantitative estimate of drug-likeness (QED) is 0.574. The van der Waals surface area contributed by atoms with Crippen LogP contribution in [0.1, 0.15) is 16.7 Å². The van der Waals surface area contributed by atoms with Crippen LogP contribution in [0, 0.1) is 12.7 Å². The molecule has 2 heterocycles. The first kappa shape index (κ1) is 17.7. The van der Waals surface area contributed by atoms with Gasteiger partial charge >= 0.3 is 0 Å². The summed E-state index contributed by atoms with van der Waals surface area (Å²) in [5.74, 6) is -0.549. The van der Waals surface area contributed by atoms with Crippen molar-refractivity contribution >= 4 is 28.5 Å². The van der Waals surface area contributed by atoms with Gasteiger partial charge in [-0.15, -0.1) is 0 Å². The maximum absolute atomic E-state index is 14.4. The average molecular weight is 374 g/mol. The summed E-state index contributed by atoms with van der Waals surface area (Å²) in [7, 11) is 0. The third kappa shape index (κ3) is 3.57. The molecule has 0 spiro atoms. The fourth-order valence-corrected chi connectivity index (χ4v) is 3.17. The van der Waals surface area contributed by atoms with Crippen molar-refractivity contribution < 1.29 is 9.18 Å². The number of anilines is 3. The zero-order chi connectivity index (χ0) is 19.5. The Balaban J connectivity index is 1.49. The number of aryl methyl sites for hydroxylation is 1. The van der Waals surface area contributed by atoms with Crippen molar-refractivity contribution in [2.45, 2.75) is 13.5 Å². The van der Waals surface area contributed by atoms with E-state index >= 15 is 0 Å². The molecular weight excluding hydrogens is 355 g/mol. The van der Waals surface area contributed by atoms with Crippen LogP contribution in [0.25, 0.3) is 5.57 Å². The monoisotopic (exact) mass is 374 g/mol. The van der Waals surface area contributed by atoms with E-state index in [0.717, 1.165) is 22.4 Å². The van der Waals surface area contributed by atoms with Crippen molar-refractivity contribution in [2.24, 2.45) is 0 Å². The summed E-state index contributed by atoms with van der Waals surface area (Å²) in [4.78, 5) is 16.3. The molecule has 1 aromatic heterocycles. The van der Waals surface area contributed by atoms with Crippen molar-refractivity contribution in [1.82, 2.24) is 4.98 Å². The average Bonchev–Trinajstić information content (AvgIpc) is 3.03. The lowest BCUT2D eigenvalue weighted by atomic mass is 10.0. The SMILES string of the molecule is Cc1cccc2c1C(=CNc1ccc(NCc3cccnc3)c(F)c1)C(=O)N2. The Labute approximate surface area is 162 Å². The molecule has 3 aromatic rings. The summed E-state index contributed by atoms with van der Waals surface area (Å²) in [6.07, 6.45) is 5.05. The van der Waals surface area contributed by atoms with Gasteiger partial charge in [0.25, 0.3) is 5.91 Å². The van der Waals surface area contributed by atoms with E-state index in [2.05, 4.69) is 20.9 Å². The van der Waals surface area contributed by atoms with Gasteiger partial charge in [-0.2, -0.15) is 0 Å². The lowest BCUT2D eigenvalue weighted by Crippen LogP contribution is -2.05. The van der Waals surface area contributed by atoms with Gasteiger partial charge in [-0.1, -0.05) is 18.2 Å². The molecule has 0 unspecified atom stereocenters. The summed E-state index contributed by atoms with van der Waals surface area (Å²) in [6.45, 7) is 2.44. The van der Waals surface area contributed by atoms with E-state index in [1.807, 2.05) is 37.3 Å². The summed E-state index contributed by atoms with van der Waals surface area (Å²) in [6, 6.07) is 14.3. The minimum Gasteiger partial charge on any atom is -0.379 e. The molecule has 4 rings (SSSR count). The number of nitrogens with one attached hydrogen (secondary N) is 3. The van der Waals surface area contributed by atoms with Crippen molar-refractivity contribution in [1.29, 1.82) is 0 Å². The molecule has 6 heteroatoms. The number of pyridine rings is 1. The number of hydrogen-bond acceptors (Lipinski definition) is 4. The van der Waals surface area contributed by atoms with Crippen LogP contribution in [0.15, 0.2) is 67.1 Å². The van der Waals surface area contributed by atoms with E-state index in [1.54, 1.807) is 30.7 Å². The van der Waals surface area contributed by atoms with Crippen LogP contribution in [0.3, 0.4) is 0 Å². The number of halogens is 1. The standard InChI is InChI=1S/C22H19FN4O/c1-14-4-2-6-20-21(14)17(22(28)27-20)13-25-16-7-8-19(18(23)10-16)26-12-15-5-3-9-24-11-15/h2-11,13,25-26H,12H2,1H3,(H,27,28). The molecule has 0 fully saturated rings. The van der Waals surface area contributed by atoms with Gasteiger partial charge < -0.3 is 16.0 Å². The molecule has 1 aliphatic rings. The highest BCUT2D eigenvalue weighted by molar-refractivity contribution is 6.32. The lowest BCUT2D eigenvalue weighted by Gasteiger charge is -2.10. The van der Waals surface area contributed by atoms with Crippen LogP contribution in [-0.4, -0.2) is 10.9 Å². The van der Waals surface area contributed by atoms with Crippen LogP contribution in [0.2, 0.25) is 0 Å². The Morgan fingerprint density at radius 3 is 2.86 bits per heavy atom. The van der Waals surface area contributed by atoms with Crippen molar-refractivity contribution in [3.05, 3.63) is 89.6 Å². The van der Waals surface area contributed by atoms with Gasteiger partial charge in [0.05, 0.1) is 11.3 Å². The maximum atomic E-state index is 14.4. The third-order valence-corrected chi connectivity index (χ3v) is 4.59. The minimum atomic E-state index is -0.375. The Bertz CT molecular complexity index is 1060. The molecule has 1 amide bonds. The van der Waals surface area contributed by atoms with Gasteiger partial charge in [0.1, 0.15) is 5.82 Å². The Hall–Kier alpha value is -3.67. The van der Waals surface area contributed by atoms with Crippen LogP contribution in [-0.2, 0) is 11.3 Å². The summed E-state index contributed by atoms with van der Waals surface area (Å²) >= 11 is 0. The summed E-state index contributed by atoms with van der Waals surface area (Å²) in [5, 5.41) is 8.93. The fourth-order valence-electron chi connectivity index (χ4n) is 3.17. The number of nitrogens with zero attached hydrogens (tertiary/aromatic N) is 1. The van der Waals surface area contributed by atoms with Gasteiger partial charge in [0, 0.05) is 42.1 Å². The lowest BCUT2D eigenvalue weighted by molar-refractivity contribution is -0.110. The van der Waals surface area contributed by atoms with E-state index in [1.165, 1.54) is 6.07 Å². The number of carbonyl (C=O) groups is 1. The number of hydrogen-bond donors (Lipinski definition) is 3. The molecule has 0 saturated heterocycles. The van der Waals surface area contributed by atoms with E-state index < -0.39 is 0 Å². The first-order chi connectivity index (χ1) is 13.6. The largest absolute Gasteiger partial charge is 0.379 e. The number of benzene rings is 2. The van der Waals surface area contributed by atoms with Crippen LogP contribution in [0.5, 0.6) is 0 Å². The van der Waals surface area contributed by atoms with Crippen LogP contribution >= 0.6 is 0 Å². The molecular formula is C22H19FN4O. The van der Waals surface area contributed by atoms with Gasteiger partial charge in [-0.05, 0) is 48.4 Å². The first-order valence-electron chi connectivity index (χ1n) is 8.92. The summed E-state index contributed by atoms with van der Waals surface area (Å²) in [5.41, 5.74) is 5.13. The highest BCUT2D eigenvalue weighted by atomic mass is 19.1. The van der Waals surface area contributed by atoms with E-state index in [0.29, 0.717) is 23.5 Å². The van der Waals surface area contributed by atoms with Gasteiger partial charge in [-0.25, -0.2) is 4.39 Å². The van der Waals surface area contributed by atoms with Crippen molar-refractivity contribution in [3.63, 3.8) is 0 Å². The molecule has 0 aliphatic carbocycles. The number of carbonyl (C=O) groups excluding carboxylic acids is 1. The third-order valence-electron chi connectivity index (χ3n) is 4.59. The number of amides is 1. The highest BCUT2D eigenvalue weighted by Crippen LogP contribution is 2.34. The first-order valence-corrected chi connectivity index (χ1v) is 8.92. The number of rotatable bonds is 5. The van der Waals surface area contributed by atoms with E-state index in [-0.39, 0.29) is 11.7 Å². The predicted octanol–water partition coefficient (Wildman–Crippen LogP) is 4.55. The van der Waals surface area contributed by atoms with Gasteiger partial charge in [0.2, 0.25) is 0 Å². The van der Waals surface area contributed by atoms with E-state index in [9.17, 15) is 9.18 Å². The van der Waals surface area contributed by atoms with Crippen LogP contribution < -0.4 is 16.0 Å². The molecule has 3 N–H and O–H groups in total. The smallest absolute Gasteiger partial charge is 0.257 e. The molecule has 0 atom stereocenters. The summed E-state index contributed by atoms with van der Waals surface area (Å²) < 4.78 is 14.4. The van der Waals surface area contributed by atoms with Gasteiger partial charge in [-0.3, -0.25) is 9.78 Å². The second kappa shape index (κ2) is 7.52. The second-order valence-electron chi connectivity index (χ2n) is 6.56. The topological polar surface area (TPSA) is 66.0 Å². The molecule has 1 aliphatic heterocycles. The normalized spacial score (nSPS) is 13.9. The molecule has 0 saturated carbocycles. The predicted molar refractivity (Wildman–Crippen MR) is 109 cm³/mol. The van der Waals surface area contributed by atoms with E-state index in [4.69, 9.17) is 0 Å². The van der Waals surface area contributed by atoms with Gasteiger partial charge in [0.15, 0.2) is 0 Å². The molecule has 140 valence electrons. The zero-order valence-electron chi connectivity index (χ0n) is 15.3. The fraction of sp³-hybridized carbons (Fsp3) is 0.0909. The maximum Gasteiger partial charge on any atom is 0.257 e. The molecule has 28 heavy (non-hydrogen) atoms. The van der Waals surface area contributed by atoms with Crippen LogP contribution in [0.4, 0.5) is 21.5 Å². The minimum absolute atomic E-state index is 0.174. The molecule has 5 nitrogen and oxygen atoms in total.